The van der Waals surface area contributed by atoms with E-state index >= 15 is 0 Å². The monoisotopic (exact) mass is 528 g/mol. The van der Waals surface area contributed by atoms with Crippen molar-refractivity contribution >= 4 is 67.8 Å². The Morgan fingerprint density at radius 1 is 0.600 bits per heavy atom. The van der Waals surface area contributed by atoms with Crippen molar-refractivity contribution in [2.24, 2.45) is 0 Å². The third kappa shape index (κ3) is 2.27. The van der Waals surface area contributed by atoms with E-state index in [-0.39, 0.29) is 0 Å². The molecule has 0 heterocycles. The molecular weight excluding hydrogens is 525 g/mol. The smallest absolute Gasteiger partial charge is 0.0577 e. The van der Waals surface area contributed by atoms with Crippen LogP contribution in [0.25, 0.3) is 0 Å². The number of benzene rings is 1. The summed E-state index contributed by atoms with van der Waals surface area (Å²) in [7, 11) is 0. The van der Waals surface area contributed by atoms with Crippen molar-refractivity contribution < 1.29 is 0 Å². The van der Waals surface area contributed by atoms with Crippen LogP contribution in [0.1, 0.15) is 16.7 Å². The standard InChI is InChI=1S/C12H3I3/c1-4-7-8(5-2)10(13)12(15)11(14)9(7)6-3/h1-3H. The molecule has 72 valence electrons. The van der Waals surface area contributed by atoms with Crippen LogP contribution in [0.4, 0.5) is 0 Å². The van der Waals surface area contributed by atoms with Gasteiger partial charge in [0.15, 0.2) is 0 Å². The number of terminal acetylenes is 3. The van der Waals surface area contributed by atoms with E-state index < -0.39 is 0 Å². The molecule has 0 nitrogen and oxygen atoms in total. The van der Waals surface area contributed by atoms with Crippen molar-refractivity contribution in [3.63, 3.8) is 0 Å². The maximum absolute atomic E-state index is 5.44. The SMILES string of the molecule is C#Cc1c(I)c(I)c(I)c(C#C)c1C#C. The highest BCUT2D eigenvalue weighted by Crippen LogP contribution is 2.30. The van der Waals surface area contributed by atoms with E-state index in [4.69, 9.17) is 19.3 Å². The van der Waals surface area contributed by atoms with Gasteiger partial charge in [0, 0.05) is 10.7 Å². The van der Waals surface area contributed by atoms with E-state index in [1.165, 1.54) is 0 Å². The zero-order valence-electron chi connectivity index (χ0n) is 7.37. The average Bonchev–Trinajstić information content (AvgIpc) is 2.25. The van der Waals surface area contributed by atoms with Crippen molar-refractivity contribution in [3.05, 3.63) is 27.4 Å². The lowest BCUT2D eigenvalue weighted by Gasteiger charge is -2.09. The molecule has 1 rings (SSSR count). The highest BCUT2D eigenvalue weighted by molar-refractivity contribution is 14.1. The quantitative estimate of drug-likeness (QED) is 0.276. The zero-order chi connectivity index (χ0) is 11.6. The third-order valence-corrected chi connectivity index (χ3v) is 7.06. The molecule has 0 aliphatic heterocycles. The predicted molar refractivity (Wildman–Crippen MR) is 88.4 cm³/mol. The molecular formula is C12H3I3. The van der Waals surface area contributed by atoms with E-state index in [1.54, 1.807) is 0 Å². The van der Waals surface area contributed by atoms with Crippen LogP contribution in [-0.4, -0.2) is 0 Å². The van der Waals surface area contributed by atoms with Crippen LogP contribution >= 0.6 is 67.8 Å². The first-order chi connectivity index (χ1) is 7.08. The van der Waals surface area contributed by atoms with Crippen LogP contribution in [0.5, 0.6) is 0 Å². The van der Waals surface area contributed by atoms with E-state index in [9.17, 15) is 0 Å². The predicted octanol–water partition coefficient (Wildman–Crippen LogP) is 3.44. The van der Waals surface area contributed by atoms with Gasteiger partial charge in [-0.25, -0.2) is 0 Å². The lowest BCUT2D eigenvalue weighted by Crippen LogP contribution is -2.01. The molecule has 0 N–H and O–H groups in total. The fourth-order valence-electron chi connectivity index (χ4n) is 1.08. The summed E-state index contributed by atoms with van der Waals surface area (Å²) in [6.45, 7) is 0. The van der Waals surface area contributed by atoms with Crippen molar-refractivity contribution in [1.82, 2.24) is 0 Å². The summed E-state index contributed by atoms with van der Waals surface area (Å²) in [5, 5.41) is 0. The van der Waals surface area contributed by atoms with Gasteiger partial charge in [0.2, 0.25) is 0 Å². The Hall–Kier alpha value is 0.0900. The van der Waals surface area contributed by atoms with Gasteiger partial charge in [0.1, 0.15) is 0 Å². The Morgan fingerprint density at radius 2 is 0.933 bits per heavy atom. The van der Waals surface area contributed by atoms with Gasteiger partial charge in [-0.1, -0.05) is 17.8 Å². The summed E-state index contributed by atoms with van der Waals surface area (Å²) in [6, 6.07) is 0. The molecule has 0 fully saturated rings. The summed E-state index contributed by atoms with van der Waals surface area (Å²) < 4.78 is 3.05. The van der Waals surface area contributed by atoms with E-state index in [1.807, 2.05) is 0 Å². The number of hydrogen-bond acceptors (Lipinski definition) is 0. The molecule has 0 aliphatic carbocycles. The molecule has 1 aromatic rings. The van der Waals surface area contributed by atoms with Crippen molar-refractivity contribution in [2.45, 2.75) is 0 Å². The molecule has 0 spiro atoms. The first-order valence-electron chi connectivity index (χ1n) is 3.68. The molecule has 0 saturated carbocycles. The lowest BCUT2D eigenvalue weighted by atomic mass is 10.0. The van der Waals surface area contributed by atoms with Crippen LogP contribution in [0.2, 0.25) is 0 Å². The second-order valence-corrected chi connectivity index (χ2v) is 5.74. The summed E-state index contributed by atoms with van der Waals surface area (Å²) in [6.07, 6.45) is 16.3. The van der Waals surface area contributed by atoms with Crippen LogP contribution in [0.3, 0.4) is 0 Å². The highest BCUT2D eigenvalue weighted by Gasteiger charge is 2.16. The summed E-state index contributed by atoms with van der Waals surface area (Å²) in [4.78, 5) is 0. The van der Waals surface area contributed by atoms with Crippen LogP contribution in [-0.2, 0) is 0 Å². The number of halogens is 3. The largest absolute Gasteiger partial charge is 0.115 e. The summed E-state index contributed by atoms with van der Waals surface area (Å²) in [5.74, 6) is 7.78. The van der Waals surface area contributed by atoms with Gasteiger partial charge in [-0.15, -0.1) is 19.3 Å². The summed E-state index contributed by atoms with van der Waals surface area (Å²) in [5.41, 5.74) is 2.08. The van der Waals surface area contributed by atoms with Crippen molar-refractivity contribution in [3.8, 4) is 37.0 Å². The topological polar surface area (TPSA) is 0 Å². The van der Waals surface area contributed by atoms with Gasteiger partial charge in [0.05, 0.1) is 16.7 Å². The molecule has 0 aromatic heterocycles. The Labute approximate surface area is 130 Å². The van der Waals surface area contributed by atoms with E-state index in [2.05, 4.69) is 85.5 Å². The lowest BCUT2D eigenvalue weighted by molar-refractivity contribution is 1.42. The highest BCUT2D eigenvalue weighted by atomic mass is 127. The average molecular weight is 528 g/mol. The molecule has 0 atom stereocenters. The Kier molecular flexibility index (Phi) is 4.76. The number of rotatable bonds is 0. The fraction of sp³-hybridized carbons (Fsp3) is 0. The second-order valence-electron chi connectivity index (χ2n) is 2.50. The molecule has 0 saturated heterocycles. The minimum atomic E-state index is 0.647. The normalized spacial score (nSPS) is 8.80. The van der Waals surface area contributed by atoms with E-state index in [0.717, 1.165) is 21.8 Å². The first kappa shape index (κ1) is 13.2. The molecule has 0 radical (unpaired) electrons. The van der Waals surface area contributed by atoms with Gasteiger partial charge in [-0.3, -0.25) is 0 Å². The van der Waals surface area contributed by atoms with Crippen molar-refractivity contribution in [1.29, 1.82) is 0 Å². The molecule has 0 amide bonds. The van der Waals surface area contributed by atoms with Gasteiger partial charge < -0.3 is 0 Å². The Balaban J connectivity index is 3.90. The van der Waals surface area contributed by atoms with E-state index in [0.29, 0.717) is 5.56 Å². The minimum Gasteiger partial charge on any atom is -0.115 e. The molecule has 15 heavy (non-hydrogen) atoms. The molecule has 1 aromatic carbocycles. The van der Waals surface area contributed by atoms with Crippen LogP contribution in [0, 0.1) is 47.7 Å². The zero-order valence-corrected chi connectivity index (χ0v) is 13.8. The molecule has 0 aliphatic rings. The molecule has 0 bridgehead atoms. The van der Waals surface area contributed by atoms with Crippen molar-refractivity contribution in [2.75, 3.05) is 0 Å². The second kappa shape index (κ2) is 5.43. The maximum Gasteiger partial charge on any atom is 0.0577 e. The Bertz CT molecular complexity index is 507. The first-order valence-corrected chi connectivity index (χ1v) is 6.92. The van der Waals surface area contributed by atoms with Gasteiger partial charge >= 0.3 is 0 Å². The summed E-state index contributed by atoms with van der Waals surface area (Å²) >= 11 is 6.61. The van der Waals surface area contributed by atoms with Gasteiger partial charge in [-0.05, 0) is 67.8 Å². The van der Waals surface area contributed by atoms with Gasteiger partial charge in [-0.2, -0.15) is 0 Å². The molecule has 0 unspecified atom stereocenters. The number of hydrogen-bond donors (Lipinski definition) is 0. The maximum atomic E-state index is 5.44. The fourth-order valence-corrected chi connectivity index (χ4v) is 3.52. The molecule has 3 heteroatoms. The van der Waals surface area contributed by atoms with Crippen LogP contribution in [0.15, 0.2) is 0 Å². The van der Waals surface area contributed by atoms with Crippen LogP contribution < -0.4 is 0 Å². The minimum absolute atomic E-state index is 0.647. The van der Waals surface area contributed by atoms with Gasteiger partial charge in [0.25, 0.3) is 0 Å². The third-order valence-electron chi connectivity index (χ3n) is 1.76. The Morgan fingerprint density at radius 3 is 1.20 bits per heavy atom.